The summed E-state index contributed by atoms with van der Waals surface area (Å²) in [6.07, 6.45) is 4.88. The number of aromatic nitrogens is 1. The molecule has 4 heteroatoms. The summed E-state index contributed by atoms with van der Waals surface area (Å²) in [5.41, 5.74) is 3.80. The summed E-state index contributed by atoms with van der Waals surface area (Å²) in [6.45, 7) is 2.83. The fraction of sp³-hybridized carbons (Fsp3) is 0.421. The quantitative estimate of drug-likeness (QED) is 0.844. The molecule has 1 aromatic heterocycles. The highest BCUT2D eigenvalue weighted by atomic mass is 32.2. The third-order valence-corrected chi connectivity index (χ3v) is 5.12. The minimum absolute atomic E-state index is 0.615. The zero-order valence-corrected chi connectivity index (χ0v) is 14.4. The van der Waals surface area contributed by atoms with Crippen molar-refractivity contribution < 1.29 is 4.74 Å². The fourth-order valence-corrected chi connectivity index (χ4v) is 3.72. The number of rotatable bonds is 7. The molecule has 0 spiro atoms. The van der Waals surface area contributed by atoms with E-state index in [0.29, 0.717) is 12.6 Å². The van der Waals surface area contributed by atoms with Gasteiger partial charge in [0.25, 0.3) is 0 Å². The predicted octanol–water partition coefficient (Wildman–Crippen LogP) is 3.47. The highest BCUT2D eigenvalue weighted by molar-refractivity contribution is 7.99. The van der Waals surface area contributed by atoms with Crippen LogP contribution in [0.25, 0.3) is 0 Å². The Morgan fingerprint density at radius 3 is 2.83 bits per heavy atom. The van der Waals surface area contributed by atoms with Crippen LogP contribution >= 0.6 is 11.8 Å². The van der Waals surface area contributed by atoms with Crippen molar-refractivity contribution in [2.24, 2.45) is 0 Å². The number of thioether (sulfide) groups is 1. The van der Waals surface area contributed by atoms with Gasteiger partial charge in [-0.3, -0.25) is 4.98 Å². The van der Waals surface area contributed by atoms with E-state index in [-0.39, 0.29) is 0 Å². The SMILES string of the molecule is CCc1ccnc(CCOc2ccc(CC3CSCN3)cc2)c1. The van der Waals surface area contributed by atoms with Gasteiger partial charge in [0.2, 0.25) is 0 Å². The van der Waals surface area contributed by atoms with E-state index in [1.54, 1.807) is 0 Å². The number of aryl methyl sites for hydroxylation is 1. The molecule has 1 saturated heterocycles. The topological polar surface area (TPSA) is 34.1 Å². The molecule has 2 heterocycles. The summed E-state index contributed by atoms with van der Waals surface area (Å²) in [4.78, 5) is 4.40. The molecule has 1 aliphatic rings. The van der Waals surface area contributed by atoms with Crippen molar-refractivity contribution in [1.29, 1.82) is 0 Å². The predicted molar refractivity (Wildman–Crippen MR) is 97.2 cm³/mol. The van der Waals surface area contributed by atoms with Crippen LogP contribution in [-0.2, 0) is 19.3 Å². The molecule has 1 atom stereocenters. The molecule has 0 amide bonds. The zero-order valence-electron chi connectivity index (χ0n) is 13.6. The van der Waals surface area contributed by atoms with Gasteiger partial charge in [0, 0.05) is 36.0 Å². The van der Waals surface area contributed by atoms with Gasteiger partial charge in [-0.05, 0) is 48.2 Å². The summed E-state index contributed by atoms with van der Waals surface area (Å²) in [7, 11) is 0. The third kappa shape index (κ3) is 4.98. The molecule has 1 N–H and O–H groups in total. The number of nitrogens with one attached hydrogen (secondary N) is 1. The molecule has 0 aliphatic carbocycles. The molecule has 122 valence electrons. The van der Waals surface area contributed by atoms with Crippen molar-refractivity contribution in [2.45, 2.75) is 32.2 Å². The van der Waals surface area contributed by atoms with E-state index in [9.17, 15) is 0 Å². The van der Waals surface area contributed by atoms with E-state index < -0.39 is 0 Å². The molecule has 23 heavy (non-hydrogen) atoms. The lowest BCUT2D eigenvalue weighted by molar-refractivity contribution is 0.320. The lowest BCUT2D eigenvalue weighted by Gasteiger charge is -2.10. The van der Waals surface area contributed by atoms with E-state index in [2.05, 4.69) is 53.6 Å². The number of hydrogen-bond donors (Lipinski definition) is 1. The maximum Gasteiger partial charge on any atom is 0.119 e. The molecule has 1 aliphatic heterocycles. The molecule has 1 unspecified atom stereocenters. The van der Waals surface area contributed by atoms with Crippen LogP contribution in [0.15, 0.2) is 42.6 Å². The first kappa shape index (κ1) is 16.3. The summed E-state index contributed by atoms with van der Waals surface area (Å²) in [5.74, 6) is 3.23. The van der Waals surface area contributed by atoms with Crippen molar-refractivity contribution in [3.05, 3.63) is 59.4 Å². The highest BCUT2D eigenvalue weighted by Crippen LogP contribution is 2.17. The lowest BCUT2D eigenvalue weighted by atomic mass is 10.1. The van der Waals surface area contributed by atoms with Crippen molar-refractivity contribution in [3.63, 3.8) is 0 Å². The second kappa shape index (κ2) is 8.37. The zero-order chi connectivity index (χ0) is 15.9. The van der Waals surface area contributed by atoms with Crippen molar-refractivity contribution in [3.8, 4) is 5.75 Å². The van der Waals surface area contributed by atoms with Crippen molar-refractivity contribution in [2.75, 3.05) is 18.2 Å². The van der Waals surface area contributed by atoms with Gasteiger partial charge in [0.05, 0.1) is 6.61 Å². The van der Waals surface area contributed by atoms with Gasteiger partial charge < -0.3 is 10.1 Å². The van der Waals surface area contributed by atoms with E-state index in [0.717, 1.165) is 36.6 Å². The Morgan fingerprint density at radius 1 is 1.22 bits per heavy atom. The van der Waals surface area contributed by atoms with Crippen LogP contribution in [-0.4, -0.2) is 29.3 Å². The average molecular weight is 328 g/mol. The Morgan fingerprint density at radius 2 is 2.09 bits per heavy atom. The van der Waals surface area contributed by atoms with Gasteiger partial charge >= 0.3 is 0 Å². The van der Waals surface area contributed by atoms with Crippen LogP contribution in [0.3, 0.4) is 0 Å². The standard InChI is InChI=1S/C19H24N2OS/c1-2-15-7-9-20-17(11-15)8-10-22-19-5-3-16(4-6-19)12-18-13-23-14-21-18/h3-7,9,11,18,21H,2,8,10,12-14H2,1H3. The van der Waals surface area contributed by atoms with E-state index in [1.807, 2.05) is 18.0 Å². The molecule has 0 saturated carbocycles. The summed E-state index contributed by atoms with van der Waals surface area (Å²) in [6, 6.07) is 13.4. The first-order valence-electron chi connectivity index (χ1n) is 8.30. The van der Waals surface area contributed by atoms with E-state index >= 15 is 0 Å². The van der Waals surface area contributed by atoms with Gasteiger partial charge in [-0.1, -0.05) is 19.1 Å². The number of benzene rings is 1. The Labute approximate surface area is 142 Å². The van der Waals surface area contributed by atoms with E-state index in [4.69, 9.17) is 4.74 Å². The fourth-order valence-electron chi connectivity index (χ4n) is 2.73. The van der Waals surface area contributed by atoms with Gasteiger partial charge in [-0.2, -0.15) is 0 Å². The number of pyridine rings is 1. The van der Waals surface area contributed by atoms with Crippen LogP contribution in [0.5, 0.6) is 5.75 Å². The molecule has 1 fully saturated rings. The largest absolute Gasteiger partial charge is 0.493 e. The highest BCUT2D eigenvalue weighted by Gasteiger charge is 2.14. The molecule has 2 aromatic rings. The Kier molecular flexibility index (Phi) is 5.94. The van der Waals surface area contributed by atoms with Crippen LogP contribution in [0.2, 0.25) is 0 Å². The molecular formula is C19H24N2OS. The molecule has 3 nitrogen and oxygen atoms in total. The second-order valence-electron chi connectivity index (χ2n) is 5.87. The summed E-state index contributed by atoms with van der Waals surface area (Å²) < 4.78 is 5.85. The van der Waals surface area contributed by atoms with Crippen molar-refractivity contribution in [1.82, 2.24) is 10.3 Å². The number of ether oxygens (including phenoxy) is 1. The smallest absolute Gasteiger partial charge is 0.119 e. The Hall–Kier alpha value is -1.52. The summed E-state index contributed by atoms with van der Waals surface area (Å²) in [5, 5.41) is 3.51. The molecule has 0 bridgehead atoms. The van der Waals surface area contributed by atoms with Gasteiger partial charge in [-0.25, -0.2) is 0 Å². The normalized spacial score (nSPS) is 17.3. The maximum atomic E-state index is 5.85. The van der Waals surface area contributed by atoms with Crippen molar-refractivity contribution >= 4 is 11.8 Å². The first-order chi connectivity index (χ1) is 11.3. The lowest BCUT2D eigenvalue weighted by Crippen LogP contribution is -2.25. The average Bonchev–Trinajstić information content (AvgIpc) is 3.10. The Balaban J connectivity index is 1.46. The minimum Gasteiger partial charge on any atom is -0.493 e. The van der Waals surface area contributed by atoms with Gasteiger partial charge in [0.1, 0.15) is 5.75 Å². The minimum atomic E-state index is 0.615. The van der Waals surface area contributed by atoms with Crippen LogP contribution in [0.1, 0.15) is 23.7 Å². The maximum absolute atomic E-state index is 5.85. The molecular weight excluding hydrogens is 304 g/mol. The van der Waals surface area contributed by atoms with Gasteiger partial charge in [0.15, 0.2) is 0 Å². The monoisotopic (exact) mass is 328 g/mol. The second-order valence-corrected chi connectivity index (χ2v) is 6.90. The summed E-state index contributed by atoms with van der Waals surface area (Å²) >= 11 is 1.97. The van der Waals surface area contributed by atoms with Crippen LogP contribution < -0.4 is 10.1 Å². The number of hydrogen-bond acceptors (Lipinski definition) is 4. The van der Waals surface area contributed by atoms with Crippen LogP contribution in [0, 0.1) is 0 Å². The molecule has 0 radical (unpaired) electrons. The van der Waals surface area contributed by atoms with Crippen LogP contribution in [0.4, 0.5) is 0 Å². The third-order valence-electron chi connectivity index (χ3n) is 4.11. The van der Waals surface area contributed by atoms with Gasteiger partial charge in [-0.15, -0.1) is 11.8 Å². The molecule has 1 aromatic carbocycles. The first-order valence-corrected chi connectivity index (χ1v) is 9.45. The number of nitrogens with zero attached hydrogens (tertiary/aromatic N) is 1. The van der Waals surface area contributed by atoms with E-state index in [1.165, 1.54) is 16.9 Å². The molecule has 3 rings (SSSR count). The Bertz CT molecular complexity index is 609.